The Balaban J connectivity index is 2.84. The zero-order valence-corrected chi connectivity index (χ0v) is 8.87. The van der Waals surface area contributed by atoms with Crippen LogP contribution in [0.1, 0.15) is 45.4 Å². The molecule has 0 amide bonds. The Morgan fingerprint density at radius 1 is 1.36 bits per heavy atom. The largest absolute Gasteiger partial charge is 0.392 e. The first-order valence-corrected chi connectivity index (χ1v) is 5.47. The third-order valence-electron chi connectivity index (χ3n) is 3.43. The fourth-order valence-corrected chi connectivity index (χ4v) is 2.61. The van der Waals surface area contributed by atoms with E-state index in [0.29, 0.717) is 6.42 Å². The maximum absolute atomic E-state index is 10.00. The van der Waals surface area contributed by atoms with Gasteiger partial charge < -0.3 is 10.2 Å². The predicted molar refractivity (Wildman–Crippen MR) is 56.7 cm³/mol. The minimum Gasteiger partial charge on any atom is -0.392 e. The molecule has 1 rings (SSSR count). The monoisotopic (exact) mass is 196 g/mol. The summed E-state index contributed by atoms with van der Waals surface area (Å²) in [6.07, 6.45) is 9.19. The van der Waals surface area contributed by atoms with Crippen molar-refractivity contribution in [3.8, 4) is 12.3 Å². The van der Waals surface area contributed by atoms with E-state index in [0.717, 1.165) is 32.1 Å². The van der Waals surface area contributed by atoms with Gasteiger partial charge in [-0.25, -0.2) is 0 Å². The summed E-state index contributed by atoms with van der Waals surface area (Å²) in [4.78, 5) is 0. The number of aliphatic hydroxyl groups excluding tert-OH is 2. The van der Waals surface area contributed by atoms with Gasteiger partial charge in [-0.3, -0.25) is 0 Å². The summed E-state index contributed by atoms with van der Waals surface area (Å²) in [7, 11) is 0. The first-order valence-electron chi connectivity index (χ1n) is 5.47. The highest BCUT2D eigenvalue weighted by Crippen LogP contribution is 2.43. The molecule has 2 N–H and O–H groups in total. The molecular formula is C12H20O2. The van der Waals surface area contributed by atoms with Gasteiger partial charge in [-0.1, -0.05) is 13.3 Å². The molecule has 80 valence electrons. The van der Waals surface area contributed by atoms with Crippen LogP contribution in [0.2, 0.25) is 0 Å². The molecule has 0 saturated heterocycles. The summed E-state index contributed by atoms with van der Waals surface area (Å²) in [5.41, 5.74) is -0.429. The zero-order chi connectivity index (χ0) is 10.6. The summed E-state index contributed by atoms with van der Waals surface area (Å²) in [6.45, 7) is 2.06. The van der Waals surface area contributed by atoms with E-state index >= 15 is 0 Å². The Morgan fingerprint density at radius 2 is 1.93 bits per heavy atom. The lowest BCUT2D eigenvalue weighted by atomic mass is 9.65. The highest BCUT2D eigenvalue weighted by Gasteiger charge is 2.45. The quantitative estimate of drug-likeness (QED) is 0.674. The molecule has 0 aromatic carbocycles. The summed E-state index contributed by atoms with van der Waals surface area (Å²) >= 11 is 0. The van der Waals surface area contributed by atoms with Gasteiger partial charge in [-0.05, 0) is 25.7 Å². The molecule has 0 heterocycles. The molecule has 0 aliphatic heterocycles. The molecule has 0 aromatic rings. The summed E-state index contributed by atoms with van der Waals surface area (Å²) < 4.78 is 0. The maximum atomic E-state index is 10.00. The van der Waals surface area contributed by atoms with Crippen LogP contribution in [0.25, 0.3) is 0 Å². The van der Waals surface area contributed by atoms with Crippen molar-refractivity contribution in [2.45, 2.75) is 57.7 Å². The minimum atomic E-state index is -0.429. The second-order valence-corrected chi connectivity index (χ2v) is 4.33. The topological polar surface area (TPSA) is 40.5 Å². The van der Waals surface area contributed by atoms with Gasteiger partial charge in [0.15, 0.2) is 0 Å². The van der Waals surface area contributed by atoms with Crippen molar-refractivity contribution in [1.82, 2.24) is 0 Å². The Morgan fingerprint density at radius 3 is 2.36 bits per heavy atom. The molecule has 1 saturated carbocycles. The van der Waals surface area contributed by atoms with Gasteiger partial charge in [0.05, 0.1) is 12.2 Å². The average molecular weight is 196 g/mol. The Bertz CT molecular complexity index is 207. The molecular weight excluding hydrogens is 176 g/mol. The second kappa shape index (κ2) is 4.82. The number of aliphatic hydroxyl groups is 2. The molecule has 14 heavy (non-hydrogen) atoms. The van der Waals surface area contributed by atoms with Crippen molar-refractivity contribution in [1.29, 1.82) is 0 Å². The van der Waals surface area contributed by atoms with Crippen molar-refractivity contribution in [3.05, 3.63) is 0 Å². The highest BCUT2D eigenvalue weighted by atomic mass is 16.3. The zero-order valence-electron chi connectivity index (χ0n) is 8.87. The van der Waals surface area contributed by atoms with Crippen LogP contribution in [0, 0.1) is 17.8 Å². The van der Waals surface area contributed by atoms with Crippen molar-refractivity contribution in [2.75, 3.05) is 0 Å². The van der Waals surface area contributed by atoms with Crippen LogP contribution < -0.4 is 0 Å². The molecule has 1 fully saturated rings. The molecule has 0 spiro atoms. The highest BCUT2D eigenvalue weighted by molar-refractivity contribution is 5.03. The lowest BCUT2D eigenvalue weighted by molar-refractivity contribution is -0.103. The molecule has 0 aromatic heterocycles. The smallest absolute Gasteiger partial charge is 0.0630 e. The normalized spacial score (nSPS) is 37.9. The predicted octanol–water partition coefficient (Wildman–Crippen LogP) is 1.70. The second-order valence-electron chi connectivity index (χ2n) is 4.33. The van der Waals surface area contributed by atoms with Crippen molar-refractivity contribution in [3.63, 3.8) is 0 Å². The van der Waals surface area contributed by atoms with Crippen LogP contribution in [0.5, 0.6) is 0 Å². The van der Waals surface area contributed by atoms with E-state index in [1.165, 1.54) is 0 Å². The van der Waals surface area contributed by atoms with Gasteiger partial charge in [0.2, 0.25) is 0 Å². The first-order chi connectivity index (χ1) is 6.67. The van der Waals surface area contributed by atoms with E-state index in [4.69, 9.17) is 6.42 Å². The molecule has 2 atom stereocenters. The van der Waals surface area contributed by atoms with E-state index in [9.17, 15) is 10.2 Å². The maximum Gasteiger partial charge on any atom is 0.0630 e. The number of hydrogen-bond acceptors (Lipinski definition) is 2. The standard InChI is InChI=1S/C12H20O2/c1-3-8-12(9-4-2)10(13)6-5-7-11(12)14/h1,10-11,13-14H,4-9H2,2H3. The van der Waals surface area contributed by atoms with E-state index in [-0.39, 0.29) is 0 Å². The fraction of sp³-hybridized carbons (Fsp3) is 0.833. The Labute approximate surface area is 86.3 Å². The SMILES string of the molecule is C#CCC1(CCC)C(O)CCCC1O. The van der Waals surface area contributed by atoms with Crippen LogP contribution in [-0.2, 0) is 0 Å². The van der Waals surface area contributed by atoms with Gasteiger partial charge in [-0.15, -0.1) is 12.3 Å². The third kappa shape index (κ3) is 1.94. The van der Waals surface area contributed by atoms with Gasteiger partial charge in [0.25, 0.3) is 0 Å². The van der Waals surface area contributed by atoms with Crippen LogP contribution >= 0.6 is 0 Å². The van der Waals surface area contributed by atoms with Crippen LogP contribution in [-0.4, -0.2) is 22.4 Å². The summed E-state index contributed by atoms with van der Waals surface area (Å²) in [5, 5.41) is 20.0. The molecule has 2 heteroatoms. The van der Waals surface area contributed by atoms with Crippen LogP contribution in [0.3, 0.4) is 0 Å². The molecule has 0 bridgehead atoms. The van der Waals surface area contributed by atoms with Gasteiger partial charge in [0.1, 0.15) is 0 Å². The third-order valence-corrected chi connectivity index (χ3v) is 3.43. The van der Waals surface area contributed by atoms with Gasteiger partial charge in [0, 0.05) is 11.8 Å². The van der Waals surface area contributed by atoms with Crippen molar-refractivity contribution < 1.29 is 10.2 Å². The van der Waals surface area contributed by atoms with E-state index in [2.05, 4.69) is 12.8 Å². The summed E-state index contributed by atoms with van der Waals surface area (Å²) in [5.74, 6) is 2.60. The minimum absolute atomic E-state index is 0.428. The lowest BCUT2D eigenvalue weighted by Gasteiger charge is -2.44. The van der Waals surface area contributed by atoms with Crippen LogP contribution in [0.4, 0.5) is 0 Å². The van der Waals surface area contributed by atoms with Crippen LogP contribution in [0.15, 0.2) is 0 Å². The van der Waals surface area contributed by atoms with Gasteiger partial charge in [-0.2, -0.15) is 0 Å². The molecule has 1 aliphatic carbocycles. The lowest BCUT2D eigenvalue weighted by Crippen LogP contribution is -2.48. The molecule has 2 nitrogen and oxygen atoms in total. The first kappa shape index (κ1) is 11.6. The Hall–Kier alpha value is -0.520. The average Bonchev–Trinajstić information content (AvgIpc) is 2.15. The van der Waals surface area contributed by atoms with Gasteiger partial charge >= 0.3 is 0 Å². The molecule has 0 radical (unpaired) electrons. The van der Waals surface area contributed by atoms with Crippen molar-refractivity contribution in [2.24, 2.45) is 5.41 Å². The van der Waals surface area contributed by atoms with E-state index < -0.39 is 17.6 Å². The molecule has 2 unspecified atom stereocenters. The van der Waals surface area contributed by atoms with E-state index in [1.807, 2.05) is 0 Å². The fourth-order valence-electron chi connectivity index (χ4n) is 2.61. The van der Waals surface area contributed by atoms with Crippen molar-refractivity contribution >= 4 is 0 Å². The number of hydrogen-bond donors (Lipinski definition) is 2. The number of terminal acetylenes is 1. The van der Waals surface area contributed by atoms with E-state index in [1.54, 1.807) is 0 Å². The number of rotatable bonds is 3. The molecule has 1 aliphatic rings. The Kier molecular flexibility index (Phi) is 3.97. The summed E-state index contributed by atoms with van der Waals surface area (Å²) in [6, 6.07) is 0.